The molecule has 0 aliphatic heterocycles. The zero-order chi connectivity index (χ0) is 0. The van der Waals surface area contributed by atoms with Crippen molar-refractivity contribution in [1.29, 1.82) is 0 Å². The van der Waals surface area contributed by atoms with E-state index in [4.69, 9.17) is 0 Å². The minimum atomic E-state index is 0. The monoisotopic (exact) mass is 370 g/mol. The molecular weight excluding hydrogens is 353 g/mol. The summed E-state index contributed by atoms with van der Waals surface area (Å²) in [5, 5.41) is 0. The minimum absolute atomic E-state index is 0. The molecule has 0 atom stereocenters. The van der Waals surface area contributed by atoms with Crippen molar-refractivity contribution in [2.75, 3.05) is 0 Å². The maximum absolute atomic E-state index is 0. The Kier molecular flexibility index (Phi) is 557. The van der Waals surface area contributed by atoms with Crippen LogP contribution < -0.4 is 0 Å². The Hall–Kier alpha value is 4.92. The van der Waals surface area contributed by atoms with Crippen LogP contribution in [0.2, 0.25) is 0 Å². The fourth-order valence-electron chi connectivity index (χ4n) is 0. The fourth-order valence-corrected chi connectivity index (χ4v) is 0. The number of hydrogen-bond donors (Lipinski definition) is 0. The fraction of sp³-hybridized carbons (Fsp3) is 0. The molecule has 0 spiro atoms. The van der Waals surface area contributed by atoms with E-state index in [1.165, 1.54) is 0 Å². The van der Waals surface area contributed by atoms with E-state index in [1.807, 2.05) is 0 Å². The van der Waals surface area contributed by atoms with Crippen molar-refractivity contribution in [3.05, 3.63) is 0 Å². The normalized spacial score (nSPS) is 0. The summed E-state index contributed by atoms with van der Waals surface area (Å²) in [6, 6.07) is 0. The second-order valence-electron chi connectivity index (χ2n) is 0. The SMILES string of the molecule is O.O.O.O.[BaH2].[CaH2].[MgH2].[SrH2]. The molecule has 0 aliphatic rings. The van der Waals surface area contributed by atoms with Crippen LogP contribution >= 0.6 is 0 Å². The first-order valence-electron chi connectivity index (χ1n) is 0. The van der Waals surface area contributed by atoms with E-state index in [9.17, 15) is 0 Å². The Bertz CT molecular complexity index is 16.0. The molecular formula is H16BaCaMgO4Sr. The molecule has 0 amide bonds. The van der Waals surface area contributed by atoms with Crippen LogP contribution in [0.1, 0.15) is 0 Å². The molecule has 0 unspecified atom stereocenters. The van der Waals surface area contributed by atoms with E-state index in [1.54, 1.807) is 0 Å². The maximum atomic E-state index is 0. The summed E-state index contributed by atoms with van der Waals surface area (Å²) < 4.78 is 0. The molecule has 0 aromatic rings. The average molecular weight is 369 g/mol. The van der Waals surface area contributed by atoms with Gasteiger partial charge in [0.25, 0.3) is 0 Å². The van der Waals surface area contributed by atoms with Crippen molar-refractivity contribution in [1.82, 2.24) is 0 Å². The van der Waals surface area contributed by atoms with Gasteiger partial charge in [0, 0.05) is 0 Å². The van der Waals surface area contributed by atoms with E-state index in [0.29, 0.717) is 0 Å². The zero-order valence-electron chi connectivity index (χ0n) is 2.00. The molecule has 0 aliphatic carbocycles. The molecule has 48 valence electrons. The quantitative estimate of drug-likeness (QED) is 0.376. The second-order valence-corrected chi connectivity index (χ2v) is 0. The van der Waals surface area contributed by atoms with E-state index in [2.05, 4.69) is 0 Å². The molecule has 0 heterocycles. The predicted octanol–water partition coefficient (Wildman–Crippen LogP) is -6.96. The molecule has 8 heavy (non-hydrogen) atoms. The van der Waals surface area contributed by atoms with Crippen molar-refractivity contribution in [2.24, 2.45) is 0 Å². The van der Waals surface area contributed by atoms with Gasteiger partial charge in [-0.2, -0.15) is 0 Å². The number of rotatable bonds is 0. The molecule has 0 rings (SSSR count). The van der Waals surface area contributed by atoms with Gasteiger partial charge in [-0.1, -0.05) is 0 Å². The Morgan fingerprint density at radius 1 is 0.625 bits per heavy atom. The summed E-state index contributed by atoms with van der Waals surface area (Å²) in [5.41, 5.74) is 0. The molecule has 0 aromatic carbocycles. The van der Waals surface area contributed by atoms with Gasteiger partial charge in [-0.05, 0) is 0 Å². The Balaban J connectivity index is 0. The Morgan fingerprint density at radius 3 is 0.625 bits per heavy atom. The van der Waals surface area contributed by atoms with Gasteiger partial charge in [0.15, 0.2) is 0 Å². The van der Waals surface area contributed by atoms with Crippen LogP contribution in [0.4, 0.5) is 0 Å². The van der Waals surface area contributed by atoms with Crippen LogP contribution in [0.5, 0.6) is 0 Å². The molecule has 0 aromatic heterocycles. The van der Waals surface area contributed by atoms with Crippen LogP contribution in [0.15, 0.2) is 0 Å². The Morgan fingerprint density at radius 2 is 0.625 bits per heavy atom. The van der Waals surface area contributed by atoms with Crippen LogP contribution in [0.3, 0.4) is 0 Å². The van der Waals surface area contributed by atoms with Crippen LogP contribution in [-0.4, -0.2) is 177 Å². The van der Waals surface area contributed by atoms with Gasteiger partial charge in [-0.15, -0.1) is 0 Å². The zero-order valence-corrected chi connectivity index (χ0v) is 2.00. The predicted molar refractivity (Wildman–Crippen MR) is 48.6 cm³/mol. The summed E-state index contributed by atoms with van der Waals surface area (Å²) in [4.78, 5) is 0. The molecule has 4 nitrogen and oxygen atoms in total. The first-order valence-corrected chi connectivity index (χ1v) is 0. The van der Waals surface area contributed by atoms with E-state index >= 15 is 0 Å². The molecule has 0 saturated carbocycles. The van der Waals surface area contributed by atoms with Gasteiger partial charge in [-0.3, -0.25) is 0 Å². The third kappa shape index (κ3) is 44.4. The van der Waals surface area contributed by atoms with Crippen LogP contribution in [0, 0.1) is 0 Å². The van der Waals surface area contributed by atoms with Gasteiger partial charge in [-0.25, -0.2) is 0 Å². The van der Waals surface area contributed by atoms with Gasteiger partial charge in [0.05, 0.1) is 0 Å². The number of hydrogen-bond acceptors (Lipinski definition) is 0. The van der Waals surface area contributed by atoms with Crippen LogP contribution in [0.25, 0.3) is 0 Å². The van der Waals surface area contributed by atoms with Crippen molar-refractivity contribution in [3.63, 3.8) is 0 Å². The van der Waals surface area contributed by atoms with Crippen molar-refractivity contribution < 1.29 is 21.9 Å². The average Bonchev–Trinajstić information content (AvgIpc) is 0. The third-order valence-corrected chi connectivity index (χ3v) is 0. The molecule has 8 heteroatoms. The first-order chi connectivity index (χ1) is 0. The van der Waals surface area contributed by atoms with E-state index in [-0.39, 0.29) is 177 Å². The van der Waals surface area contributed by atoms with E-state index < -0.39 is 0 Å². The second kappa shape index (κ2) is 58.7. The molecule has 0 saturated heterocycles. The molecule has 8 N–H and O–H groups in total. The summed E-state index contributed by atoms with van der Waals surface area (Å²) in [7, 11) is 0. The summed E-state index contributed by atoms with van der Waals surface area (Å²) >= 11 is 0. The standard InChI is InChI=1S/Ba.Ca.Mg.4H2O.Sr.8H/h;;;4*1H2;;;;;;;;;. The topological polar surface area (TPSA) is 126 Å². The van der Waals surface area contributed by atoms with Crippen molar-refractivity contribution >= 4 is 155 Å². The third-order valence-electron chi connectivity index (χ3n) is 0. The van der Waals surface area contributed by atoms with Crippen molar-refractivity contribution in [2.45, 2.75) is 0 Å². The van der Waals surface area contributed by atoms with Gasteiger partial charge >= 0.3 is 155 Å². The van der Waals surface area contributed by atoms with E-state index in [0.717, 1.165) is 0 Å². The molecule has 0 radical (unpaired) electrons. The summed E-state index contributed by atoms with van der Waals surface area (Å²) in [6.45, 7) is 0. The molecule has 0 bridgehead atoms. The van der Waals surface area contributed by atoms with Gasteiger partial charge in [0.2, 0.25) is 0 Å². The molecule has 0 fully saturated rings. The first kappa shape index (κ1) is 75.9. The van der Waals surface area contributed by atoms with Gasteiger partial charge in [0.1, 0.15) is 0 Å². The van der Waals surface area contributed by atoms with Crippen LogP contribution in [-0.2, 0) is 0 Å². The Labute approximate surface area is 172 Å². The summed E-state index contributed by atoms with van der Waals surface area (Å²) in [5.74, 6) is 0. The summed E-state index contributed by atoms with van der Waals surface area (Å²) in [6.07, 6.45) is 0. The van der Waals surface area contributed by atoms with Gasteiger partial charge < -0.3 is 21.9 Å². The van der Waals surface area contributed by atoms with Crippen molar-refractivity contribution in [3.8, 4) is 0 Å².